The summed E-state index contributed by atoms with van der Waals surface area (Å²) in [6.45, 7) is 6.40. The van der Waals surface area contributed by atoms with Crippen LogP contribution in [0.25, 0.3) is 0 Å². The molecule has 0 aliphatic heterocycles. The Kier molecular flexibility index (Phi) is 4.72. The van der Waals surface area contributed by atoms with Gasteiger partial charge in [0.25, 0.3) is 0 Å². The topological polar surface area (TPSA) is 42.2 Å². The minimum Gasteiger partial charge on any atom is -0.328 e. The fraction of sp³-hybridized carbons (Fsp3) is 0.667. The molecule has 3 nitrogen and oxygen atoms in total. The Bertz CT molecular complexity index is 353. The normalized spacial score (nSPS) is 24.4. The Morgan fingerprint density at radius 2 is 2.00 bits per heavy atom. The van der Waals surface area contributed by atoms with Crippen LogP contribution in [0, 0.1) is 6.92 Å². The van der Waals surface area contributed by atoms with Crippen molar-refractivity contribution in [2.24, 2.45) is 5.73 Å². The van der Waals surface area contributed by atoms with E-state index in [4.69, 9.17) is 5.73 Å². The Labute approximate surface area is 110 Å². The van der Waals surface area contributed by atoms with E-state index in [1.807, 2.05) is 13.1 Å². The first-order valence-electron chi connectivity index (χ1n) is 7.10. The van der Waals surface area contributed by atoms with Gasteiger partial charge in [-0.05, 0) is 50.8 Å². The predicted octanol–water partition coefficient (Wildman–Crippen LogP) is 2.48. The molecule has 0 amide bonds. The molecule has 100 valence electrons. The molecule has 1 aliphatic rings. The lowest BCUT2D eigenvalue weighted by Gasteiger charge is -2.35. The molecule has 1 heterocycles. The van der Waals surface area contributed by atoms with Crippen LogP contribution in [0.5, 0.6) is 0 Å². The SMILES string of the molecule is CCN(Cc1ccc(C)nc1)C1CCC(N)CC1. The van der Waals surface area contributed by atoms with E-state index >= 15 is 0 Å². The van der Waals surface area contributed by atoms with Crippen LogP contribution in [0.3, 0.4) is 0 Å². The Morgan fingerprint density at radius 3 is 2.56 bits per heavy atom. The smallest absolute Gasteiger partial charge is 0.0372 e. The molecule has 1 aromatic rings. The van der Waals surface area contributed by atoms with Crippen molar-refractivity contribution in [1.82, 2.24) is 9.88 Å². The van der Waals surface area contributed by atoms with E-state index in [1.165, 1.54) is 31.2 Å². The number of pyridine rings is 1. The molecule has 0 radical (unpaired) electrons. The van der Waals surface area contributed by atoms with Gasteiger partial charge >= 0.3 is 0 Å². The zero-order chi connectivity index (χ0) is 13.0. The van der Waals surface area contributed by atoms with Gasteiger partial charge in [0, 0.05) is 30.5 Å². The Morgan fingerprint density at radius 1 is 1.28 bits per heavy atom. The number of nitrogens with zero attached hydrogens (tertiary/aromatic N) is 2. The van der Waals surface area contributed by atoms with Gasteiger partial charge in [-0.15, -0.1) is 0 Å². The molecule has 0 saturated heterocycles. The number of nitrogens with two attached hydrogens (primary N) is 1. The van der Waals surface area contributed by atoms with Crippen molar-refractivity contribution in [1.29, 1.82) is 0 Å². The molecular formula is C15H25N3. The van der Waals surface area contributed by atoms with E-state index in [-0.39, 0.29) is 0 Å². The van der Waals surface area contributed by atoms with Crippen LogP contribution in [0.2, 0.25) is 0 Å². The van der Waals surface area contributed by atoms with Crippen LogP contribution >= 0.6 is 0 Å². The molecule has 1 saturated carbocycles. The molecule has 2 N–H and O–H groups in total. The maximum Gasteiger partial charge on any atom is 0.0372 e. The van der Waals surface area contributed by atoms with Crippen molar-refractivity contribution in [3.05, 3.63) is 29.6 Å². The van der Waals surface area contributed by atoms with Gasteiger partial charge in [-0.25, -0.2) is 0 Å². The van der Waals surface area contributed by atoms with E-state index in [0.717, 1.165) is 18.8 Å². The van der Waals surface area contributed by atoms with Gasteiger partial charge < -0.3 is 5.73 Å². The second kappa shape index (κ2) is 6.30. The van der Waals surface area contributed by atoms with E-state index < -0.39 is 0 Å². The van der Waals surface area contributed by atoms with Crippen LogP contribution in [0.15, 0.2) is 18.3 Å². The van der Waals surface area contributed by atoms with Gasteiger partial charge in [-0.2, -0.15) is 0 Å². The first-order valence-corrected chi connectivity index (χ1v) is 7.10. The van der Waals surface area contributed by atoms with E-state index in [1.54, 1.807) is 0 Å². The quantitative estimate of drug-likeness (QED) is 0.889. The van der Waals surface area contributed by atoms with Crippen LogP contribution in [-0.2, 0) is 6.54 Å². The number of aryl methyl sites for hydroxylation is 1. The Hall–Kier alpha value is -0.930. The molecule has 0 atom stereocenters. The van der Waals surface area contributed by atoms with Crippen molar-refractivity contribution in [3.63, 3.8) is 0 Å². The molecule has 1 aliphatic carbocycles. The summed E-state index contributed by atoms with van der Waals surface area (Å²) in [5.74, 6) is 0. The van der Waals surface area contributed by atoms with Crippen molar-refractivity contribution in [2.75, 3.05) is 6.54 Å². The average Bonchev–Trinajstić information content (AvgIpc) is 2.39. The first-order chi connectivity index (χ1) is 8.69. The molecule has 0 unspecified atom stereocenters. The minimum absolute atomic E-state index is 0.431. The fourth-order valence-electron chi connectivity index (χ4n) is 2.79. The number of aromatic nitrogens is 1. The van der Waals surface area contributed by atoms with Crippen molar-refractivity contribution in [2.45, 2.75) is 58.2 Å². The fourth-order valence-corrected chi connectivity index (χ4v) is 2.79. The van der Waals surface area contributed by atoms with Crippen LogP contribution in [-0.4, -0.2) is 28.5 Å². The predicted molar refractivity (Wildman–Crippen MR) is 75.3 cm³/mol. The largest absolute Gasteiger partial charge is 0.328 e. The number of hydrogen-bond donors (Lipinski definition) is 1. The molecular weight excluding hydrogens is 222 g/mol. The van der Waals surface area contributed by atoms with E-state index in [2.05, 4.69) is 28.9 Å². The van der Waals surface area contributed by atoms with Gasteiger partial charge in [-0.1, -0.05) is 13.0 Å². The van der Waals surface area contributed by atoms with Crippen LogP contribution in [0.1, 0.15) is 43.9 Å². The summed E-state index contributed by atoms with van der Waals surface area (Å²) in [7, 11) is 0. The summed E-state index contributed by atoms with van der Waals surface area (Å²) in [5.41, 5.74) is 8.38. The lowest BCUT2D eigenvalue weighted by molar-refractivity contribution is 0.149. The zero-order valence-electron chi connectivity index (χ0n) is 11.6. The summed E-state index contributed by atoms with van der Waals surface area (Å²) in [6.07, 6.45) is 6.84. The molecule has 0 spiro atoms. The van der Waals surface area contributed by atoms with Crippen molar-refractivity contribution < 1.29 is 0 Å². The van der Waals surface area contributed by atoms with Gasteiger partial charge in [0.15, 0.2) is 0 Å². The van der Waals surface area contributed by atoms with Crippen molar-refractivity contribution in [3.8, 4) is 0 Å². The van der Waals surface area contributed by atoms with Crippen molar-refractivity contribution >= 4 is 0 Å². The maximum absolute atomic E-state index is 5.98. The van der Waals surface area contributed by atoms with E-state index in [0.29, 0.717) is 12.1 Å². The monoisotopic (exact) mass is 247 g/mol. The molecule has 2 rings (SSSR count). The summed E-state index contributed by atoms with van der Waals surface area (Å²) in [5, 5.41) is 0. The highest BCUT2D eigenvalue weighted by Crippen LogP contribution is 2.23. The first kappa shape index (κ1) is 13.5. The molecule has 3 heteroatoms. The highest BCUT2D eigenvalue weighted by Gasteiger charge is 2.23. The standard InChI is InChI=1S/C15H25N3/c1-3-18(15-8-6-14(16)7-9-15)11-13-5-4-12(2)17-10-13/h4-5,10,14-15H,3,6-9,11,16H2,1-2H3. The zero-order valence-corrected chi connectivity index (χ0v) is 11.6. The lowest BCUT2D eigenvalue weighted by Crippen LogP contribution is -2.40. The third-order valence-corrected chi connectivity index (χ3v) is 4.02. The molecule has 18 heavy (non-hydrogen) atoms. The molecule has 0 aromatic carbocycles. The third kappa shape index (κ3) is 3.53. The number of hydrogen-bond acceptors (Lipinski definition) is 3. The Balaban J connectivity index is 1.94. The van der Waals surface area contributed by atoms with Crippen LogP contribution < -0.4 is 5.73 Å². The summed E-state index contributed by atoms with van der Waals surface area (Å²) >= 11 is 0. The summed E-state index contributed by atoms with van der Waals surface area (Å²) < 4.78 is 0. The van der Waals surface area contributed by atoms with Gasteiger partial charge in [0.05, 0.1) is 0 Å². The second-order valence-electron chi connectivity index (χ2n) is 5.44. The van der Waals surface area contributed by atoms with Gasteiger partial charge in [-0.3, -0.25) is 9.88 Å². The summed E-state index contributed by atoms with van der Waals surface area (Å²) in [4.78, 5) is 6.94. The van der Waals surface area contributed by atoms with Gasteiger partial charge in [0.1, 0.15) is 0 Å². The molecule has 1 aromatic heterocycles. The molecule has 1 fully saturated rings. The van der Waals surface area contributed by atoms with Crippen LogP contribution in [0.4, 0.5) is 0 Å². The highest BCUT2D eigenvalue weighted by atomic mass is 15.1. The maximum atomic E-state index is 5.98. The van der Waals surface area contributed by atoms with Gasteiger partial charge in [0.2, 0.25) is 0 Å². The van der Waals surface area contributed by atoms with E-state index in [9.17, 15) is 0 Å². The average molecular weight is 247 g/mol. The minimum atomic E-state index is 0.431. The number of rotatable bonds is 4. The molecule has 0 bridgehead atoms. The summed E-state index contributed by atoms with van der Waals surface area (Å²) in [6, 6.07) is 5.43. The third-order valence-electron chi connectivity index (χ3n) is 4.02. The lowest BCUT2D eigenvalue weighted by atomic mass is 9.90. The highest BCUT2D eigenvalue weighted by molar-refractivity contribution is 5.13. The second-order valence-corrected chi connectivity index (χ2v) is 5.44.